The van der Waals surface area contributed by atoms with Gasteiger partial charge in [-0.2, -0.15) is 0 Å². The number of nitrogen functional groups attached to an aromatic ring is 1. The molecule has 4 N–H and O–H groups in total. The number of carboxylic acids is 1. The fourth-order valence-electron chi connectivity index (χ4n) is 3.21. The van der Waals surface area contributed by atoms with E-state index in [4.69, 9.17) is 31.9 Å². The Kier molecular flexibility index (Phi) is 8.35. The Morgan fingerprint density at radius 1 is 1.50 bits per heavy atom. The summed E-state index contributed by atoms with van der Waals surface area (Å²) in [6.07, 6.45) is 1.49. The van der Waals surface area contributed by atoms with E-state index >= 15 is 0 Å². The maximum absolute atomic E-state index is 12.5. The second-order valence-electron chi connectivity index (χ2n) is 6.91. The lowest BCUT2D eigenvalue weighted by Crippen LogP contribution is -2.50. The van der Waals surface area contributed by atoms with Crippen molar-refractivity contribution in [3.8, 4) is 5.75 Å². The van der Waals surface area contributed by atoms with Gasteiger partial charge in [-0.25, -0.2) is 0 Å². The van der Waals surface area contributed by atoms with Crippen LogP contribution in [0.2, 0.25) is 5.02 Å². The van der Waals surface area contributed by atoms with E-state index in [0.717, 1.165) is 13.0 Å². The highest BCUT2D eigenvalue weighted by Crippen LogP contribution is 2.28. The van der Waals surface area contributed by atoms with E-state index in [0.29, 0.717) is 48.1 Å². The standard InChI is InChI=1S/C19H28ClN3O5/c1-12(4-3-5-18(24)25)23-6-7-28-13(11-23)10-22-19(26)14-8-15(20)16(21)9-17(14)27-2/h8-9,12-13H,3-7,10-11,21H2,1-2H3,(H,22,26)(H,24,25)/t12-,13?/m1/s1. The number of nitrogens with zero attached hydrogens (tertiary/aromatic N) is 1. The Morgan fingerprint density at radius 3 is 2.93 bits per heavy atom. The number of nitrogens with two attached hydrogens (primary N) is 1. The molecule has 9 heteroatoms. The predicted octanol–water partition coefficient (Wildman–Crippen LogP) is 2.00. The largest absolute Gasteiger partial charge is 0.496 e. The Hall–Kier alpha value is -2.03. The minimum absolute atomic E-state index is 0.144. The summed E-state index contributed by atoms with van der Waals surface area (Å²) in [5.74, 6) is -0.723. The summed E-state index contributed by atoms with van der Waals surface area (Å²) in [7, 11) is 1.47. The maximum atomic E-state index is 12.5. The number of aliphatic carboxylic acids is 1. The quantitative estimate of drug-likeness (QED) is 0.530. The molecule has 0 aliphatic carbocycles. The second-order valence-corrected chi connectivity index (χ2v) is 7.31. The molecule has 1 fully saturated rings. The molecule has 1 saturated heterocycles. The van der Waals surface area contributed by atoms with Gasteiger partial charge < -0.3 is 25.6 Å². The van der Waals surface area contributed by atoms with Crippen molar-refractivity contribution in [1.29, 1.82) is 0 Å². The average molecular weight is 414 g/mol. The van der Waals surface area contributed by atoms with Crippen molar-refractivity contribution in [2.24, 2.45) is 0 Å². The predicted molar refractivity (Wildman–Crippen MR) is 107 cm³/mol. The van der Waals surface area contributed by atoms with Gasteiger partial charge in [-0.15, -0.1) is 0 Å². The van der Waals surface area contributed by atoms with Crippen LogP contribution in [0.4, 0.5) is 5.69 Å². The number of anilines is 1. The molecule has 0 radical (unpaired) electrons. The van der Waals surface area contributed by atoms with Crippen molar-refractivity contribution in [3.63, 3.8) is 0 Å². The summed E-state index contributed by atoms with van der Waals surface area (Å²) < 4.78 is 11.0. The van der Waals surface area contributed by atoms with Crippen LogP contribution in [0.5, 0.6) is 5.75 Å². The first kappa shape index (κ1) is 22.3. The smallest absolute Gasteiger partial charge is 0.303 e. The number of benzene rings is 1. The van der Waals surface area contributed by atoms with Crippen LogP contribution in [0.1, 0.15) is 36.5 Å². The monoisotopic (exact) mass is 413 g/mol. The first-order chi connectivity index (χ1) is 13.3. The zero-order valence-electron chi connectivity index (χ0n) is 16.2. The second kappa shape index (κ2) is 10.5. The molecule has 1 aromatic rings. The molecule has 156 valence electrons. The highest BCUT2D eigenvalue weighted by atomic mass is 35.5. The van der Waals surface area contributed by atoms with Crippen LogP contribution in [-0.2, 0) is 9.53 Å². The Bertz CT molecular complexity index is 700. The van der Waals surface area contributed by atoms with E-state index in [-0.39, 0.29) is 24.5 Å². The van der Waals surface area contributed by atoms with E-state index < -0.39 is 5.97 Å². The lowest BCUT2D eigenvalue weighted by molar-refractivity contribution is -0.137. The molecule has 2 atom stereocenters. The zero-order valence-corrected chi connectivity index (χ0v) is 17.0. The summed E-state index contributed by atoms with van der Waals surface area (Å²) in [6, 6.07) is 3.27. The summed E-state index contributed by atoms with van der Waals surface area (Å²) in [4.78, 5) is 25.5. The number of carbonyl (C=O) groups is 2. The molecule has 1 unspecified atom stereocenters. The minimum Gasteiger partial charge on any atom is -0.496 e. The molecule has 0 saturated carbocycles. The van der Waals surface area contributed by atoms with Crippen LogP contribution < -0.4 is 15.8 Å². The molecule has 1 aromatic carbocycles. The van der Waals surface area contributed by atoms with Crippen molar-refractivity contribution >= 4 is 29.2 Å². The van der Waals surface area contributed by atoms with Gasteiger partial charge in [0.15, 0.2) is 0 Å². The van der Waals surface area contributed by atoms with Crippen molar-refractivity contribution < 1.29 is 24.2 Å². The average Bonchev–Trinajstić information content (AvgIpc) is 2.67. The molecule has 0 bridgehead atoms. The lowest BCUT2D eigenvalue weighted by atomic mass is 10.1. The third-order valence-electron chi connectivity index (χ3n) is 4.86. The number of amides is 1. The Labute approximate surface area is 169 Å². The van der Waals surface area contributed by atoms with Gasteiger partial charge in [-0.3, -0.25) is 14.5 Å². The Morgan fingerprint density at radius 2 is 2.25 bits per heavy atom. The van der Waals surface area contributed by atoms with Gasteiger partial charge in [0.2, 0.25) is 0 Å². The molecule has 8 nitrogen and oxygen atoms in total. The number of hydrogen-bond donors (Lipinski definition) is 3. The van der Waals surface area contributed by atoms with Crippen molar-refractivity contribution in [1.82, 2.24) is 10.2 Å². The third kappa shape index (κ3) is 6.25. The summed E-state index contributed by atoms with van der Waals surface area (Å²) in [6.45, 7) is 4.47. The van der Waals surface area contributed by atoms with Gasteiger partial charge in [0.25, 0.3) is 5.91 Å². The van der Waals surface area contributed by atoms with Crippen molar-refractivity contribution in [2.45, 2.75) is 38.3 Å². The summed E-state index contributed by atoms with van der Waals surface area (Å²) >= 11 is 6.02. The van der Waals surface area contributed by atoms with Crippen LogP contribution in [0.15, 0.2) is 12.1 Å². The molecule has 1 amide bonds. The van der Waals surface area contributed by atoms with E-state index in [2.05, 4.69) is 17.1 Å². The van der Waals surface area contributed by atoms with Gasteiger partial charge in [-0.05, 0) is 25.8 Å². The van der Waals surface area contributed by atoms with Crippen LogP contribution in [0, 0.1) is 0 Å². The van der Waals surface area contributed by atoms with Crippen molar-refractivity contribution in [3.05, 3.63) is 22.7 Å². The van der Waals surface area contributed by atoms with Crippen molar-refractivity contribution in [2.75, 3.05) is 39.1 Å². The van der Waals surface area contributed by atoms with E-state index in [1.165, 1.54) is 19.2 Å². The van der Waals surface area contributed by atoms with Gasteiger partial charge in [0, 0.05) is 38.2 Å². The molecule has 1 aliphatic heterocycles. The number of rotatable bonds is 9. The summed E-state index contributed by atoms with van der Waals surface area (Å²) in [5, 5.41) is 11.9. The highest BCUT2D eigenvalue weighted by Gasteiger charge is 2.25. The SMILES string of the molecule is COc1cc(N)c(Cl)cc1C(=O)NCC1CN([C@H](C)CCCC(=O)O)CCO1. The summed E-state index contributed by atoms with van der Waals surface area (Å²) in [5.41, 5.74) is 6.41. The molecule has 2 rings (SSSR count). The number of ether oxygens (including phenoxy) is 2. The van der Waals surface area contributed by atoms with Crippen LogP contribution >= 0.6 is 11.6 Å². The first-order valence-corrected chi connectivity index (χ1v) is 9.68. The number of carbonyl (C=O) groups excluding carboxylic acids is 1. The molecular formula is C19H28ClN3O5. The number of carboxylic acid groups (broad SMARTS) is 1. The number of morpholine rings is 1. The first-order valence-electron chi connectivity index (χ1n) is 9.30. The normalized spacial score (nSPS) is 18.5. The molecule has 1 aliphatic rings. The number of nitrogens with one attached hydrogen (secondary N) is 1. The maximum Gasteiger partial charge on any atom is 0.303 e. The lowest BCUT2D eigenvalue weighted by Gasteiger charge is -2.37. The fraction of sp³-hybridized carbons (Fsp3) is 0.579. The molecule has 28 heavy (non-hydrogen) atoms. The zero-order chi connectivity index (χ0) is 20.7. The third-order valence-corrected chi connectivity index (χ3v) is 5.19. The molecule has 0 spiro atoms. The van der Waals surface area contributed by atoms with Crippen LogP contribution in [-0.4, -0.2) is 67.4 Å². The van der Waals surface area contributed by atoms with Gasteiger partial charge in [-0.1, -0.05) is 11.6 Å². The van der Waals surface area contributed by atoms with E-state index in [1.807, 2.05) is 0 Å². The number of methoxy groups -OCH3 is 1. The van der Waals surface area contributed by atoms with Crippen LogP contribution in [0.25, 0.3) is 0 Å². The van der Waals surface area contributed by atoms with E-state index in [9.17, 15) is 9.59 Å². The molecular weight excluding hydrogens is 386 g/mol. The van der Waals surface area contributed by atoms with Gasteiger partial charge >= 0.3 is 5.97 Å². The van der Waals surface area contributed by atoms with E-state index in [1.54, 1.807) is 0 Å². The molecule has 0 aromatic heterocycles. The van der Waals surface area contributed by atoms with Gasteiger partial charge in [0.05, 0.1) is 36.1 Å². The van der Waals surface area contributed by atoms with Gasteiger partial charge in [0.1, 0.15) is 5.75 Å². The Balaban J connectivity index is 1.87. The minimum atomic E-state index is -0.770. The highest BCUT2D eigenvalue weighted by molar-refractivity contribution is 6.33. The van der Waals surface area contributed by atoms with Crippen LogP contribution in [0.3, 0.4) is 0 Å². The number of halogens is 1. The topological polar surface area (TPSA) is 114 Å². The number of hydrogen-bond acceptors (Lipinski definition) is 6. The fourth-order valence-corrected chi connectivity index (χ4v) is 3.38. The molecule has 1 heterocycles.